The molecule has 0 fully saturated rings. The second-order valence-corrected chi connectivity index (χ2v) is 12.6. The normalized spacial score (nSPS) is 14.9. The Morgan fingerprint density at radius 1 is 0.694 bits per heavy atom. The highest BCUT2D eigenvalue weighted by atomic mass is 15.3. The summed E-state index contributed by atoms with van der Waals surface area (Å²) in [4.78, 5) is 0. The predicted molar refractivity (Wildman–Crippen MR) is 212 cm³/mol. The third-order valence-electron chi connectivity index (χ3n) is 9.44. The molecule has 0 amide bonds. The number of hydrogen-bond acceptors (Lipinski definition) is 3. The summed E-state index contributed by atoms with van der Waals surface area (Å²) in [6.07, 6.45) is 9.26. The summed E-state index contributed by atoms with van der Waals surface area (Å²) in [7, 11) is 0. The lowest BCUT2D eigenvalue weighted by molar-refractivity contribution is 1.01. The summed E-state index contributed by atoms with van der Waals surface area (Å²) in [5.41, 5.74) is 26.5. The molecule has 0 saturated heterocycles. The van der Waals surface area contributed by atoms with E-state index < -0.39 is 0 Å². The van der Waals surface area contributed by atoms with Crippen LogP contribution in [0.3, 0.4) is 0 Å². The van der Waals surface area contributed by atoms with E-state index >= 15 is 0 Å². The molecule has 1 aliphatic heterocycles. The molecule has 0 radical (unpaired) electrons. The SMILES string of the molecule is C=C(/C=C(\C)c1ccc2c(-c3ccccc3)c3ccccc3c(-c3ccccc3)c2c1)C1=CNNc2ccccc2/C(CCN)=C(\C)C=C1. The number of rotatable bonds is 7. The van der Waals surface area contributed by atoms with E-state index in [4.69, 9.17) is 5.73 Å². The molecule has 0 bridgehead atoms. The first kappa shape index (κ1) is 31.7. The Morgan fingerprint density at radius 2 is 1.29 bits per heavy atom. The van der Waals surface area contributed by atoms with Crippen molar-refractivity contribution >= 4 is 38.4 Å². The zero-order chi connectivity index (χ0) is 33.7. The van der Waals surface area contributed by atoms with Crippen LogP contribution in [-0.4, -0.2) is 6.54 Å². The Morgan fingerprint density at radius 3 is 1.96 bits per heavy atom. The third kappa shape index (κ3) is 6.37. The van der Waals surface area contributed by atoms with Crippen LogP contribution in [-0.2, 0) is 0 Å². The first-order chi connectivity index (χ1) is 24.0. The standard InChI is InChI=1S/C46H41N3/c1-31-22-23-37(30-48-49-44-21-13-12-18-39(44)38(31)26-27-47)33(3)28-32(2)36-24-25-42-43(29-36)46(35-16-8-5-9-17-35)41-20-11-10-19-40(41)45(42)34-14-6-4-7-15-34/h4-25,28-30,48-49H,3,26-27,47H2,1-2H3/b23-22?,32-28+,37-30?,38-31+. The Labute approximate surface area is 289 Å². The van der Waals surface area contributed by atoms with Crippen LogP contribution in [0.1, 0.15) is 31.4 Å². The van der Waals surface area contributed by atoms with Crippen molar-refractivity contribution in [3.05, 3.63) is 186 Å². The molecule has 0 saturated carbocycles. The number of anilines is 1. The highest BCUT2D eigenvalue weighted by Crippen LogP contribution is 2.44. The molecule has 0 atom stereocenters. The number of hydrazine groups is 1. The van der Waals surface area contributed by atoms with Gasteiger partial charge in [0.1, 0.15) is 0 Å². The molecule has 4 N–H and O–H groups in total. The highest BCUT2D eigenvalue weighted by molar-refractivity contribution is 6.21. The van der Waals surface area contributed by atoms with E-state index in [0.29, 0.717) is 6.54 Å². The van der Waals surface area contributed by atoms with Crippen molar-refractivity contribution in [2.45, 2.75) is 20.3 Å². The summed E-state index contributed by atoms with van der Waals surface area (Å²) < 4.78 is 0. The van der Waals surface area contributed by atoms with Crippen molar-refractivity contribution in [2.24, 2.45) is 5.73 Å². The van der Waals surface area contributed by atoms with Crippen molar-refractivity contribution < 1.29 is 0 Å². The molecule has 1 heterocycles. The van der Waals surface area contributed by atoms with E-state index in [1.807, 2.05) is 12.3 Å². The molecule has 3 heteroatoms. The number of benzene rings is 6. The Bertz CT molecular complexity index is 2300. The average molecular weight is 636 g/mol. The van der Waals surface area contributed by atoms with Crippen molar-refractivity contribution in [1.82, 2.24) is 5.43 Å². The van der Waals surface area contributed by atoms with Crippen molar-refractivity contribution in [3.8, 4) is 22.3 Å². The summed E-state index contributed by atoms with van der Waals surface area (Å²) in [5, 5.41) is 4.97. The second kappa shape index (κ2) is 14.1. The highest BCUT2D eigenvalue weighted by Gasteiger charge is 2.17. The number of allylic oxidation sites excluding steroid dienone is 7. The van der Waals surface area contributed by atoms with Crippen LogP contribution in [0.15, 0.2) is 175 Å². The Kier molecular flexibility index (Phi) is 9.10. The van der Waals surface area contributed by atoms with Crippen LogP contribution in [0.25, 0.3) is 54.9 Å². The fourth-order valence-electron chi connectivity index (χ4n) is 6.98. The molecule has 6 aromatic rings. The quantitative estimate of drug-likeness (QED) is 0.121. The maximum absolute atomic E-state index is 6.04. The first-order valence-corrected chi connectivity index (χ1v) is 16.9. The number of para-hydroxylation sites is 1. The minimum Gasteiger partial charge on any atom is -0.330 e. The topological polar surface area (TPSA) is 50.1 Å². The zero-order valence-corrected chi connectivity index (χ0v) is 28.1. The number of nitrogens with one attached hydrogen (secondary N) is 2. The van der Waals surface area contributed by atoms with Gasteiger partial charge in [-0.1, -0.05) is 140 Å². The lowest BCUT2D eigenvalue weighted by Gasteiger charge is -2.19. The molecule has 49 heavy (non-hydrogen) atoms. The smallest absolute Gasteiger partial charge is 0.0614 e. The lowest BCUT2D eigenvalue weighted by atomic mass is 9.85. The summed E-state index contributed by atoms with van der Waals surface area (Å²) >= 11 is 0. The van der Waals surface area contributed by atoms with E-state index in [2.05, 4.69) is 171 Å². The van der Waals surface area contributed by atoms with Gasteiger partial charge in [-0.05, 0) is 116 Å². The fraction of sp³-hybridized carbons (Fsp3) is 0.0870. The van der Waals surface area contributed by atoms with Crippen molar-refractivity contribution in [1.29, 1.82) is 0 Å². The Balaban J connectivity index is 1.34. The van der Waals surface area contributed by atoms with Gasteiger partial charge in [-0.3, -0.25) is 0 Å². The van der Waals surface area contributed by atoms with Gasteiger partial charge in [-0.25, -0.2) is 0 Å². The predicted octanol–water partition coefficient (Wildman–Crippen LogP) is 11.5. The summed E-state index contributed by atoms with van der Waals surface area (Å²) in [6.45, 7) is 9.43. The van der Waals surface area contributed by atoms with Gasteiger partial charge >= 0.3 is 0 Å². The van der Waals surface area contributed by atoms with Gasteiger partial charge in [-0.15, -0.1) is 0 Å². The van der Waals surface area contributed by atoms with Crippen LogP contribution in [0, 0.1) is 0 Å². The minimum absolute atomic E-state index is 0.583. The van der Waals surface area contributed by atoms with Gasteiger partial charge in [0, 0.05) is 11.8 Å². The monoisotopic (exact) mass is 635 g/mol. The summed E-state index contributed by atoms with van der Waals surface area (Å²) in [5.74, 6) is 0. The van der Waals surface area contributed by atoms with E-state index in [0.717, 1.165) is 40.0 Å². The maximum Gasteiger partial charge on any atom is 0.0614 e. The molecule has 0 aliphatic carbocycles. The third-order valence-corrected chi connectivity index (χ3v) is 9.44. The molecule has 6 aromatic carbocycles. The number of nitrogens with two attached hydrogens (primary N) is 1. The van der Waals surface area contributed by atoms with Crippen LogP contribution in [0.2, 0.25) is 0 Å². The molecule has 0 aromatic heterocycles. The van der Waals surface area contributed by atoms with Crippen molar-refractivity contribution in [2.75, 3.05) is 12.0 Å². The molecule has 0 spiro atoms. The molecule has 0 unspecified atom stereocenters. The Hall–Kier alpha value is -5.90. The molecular formula is C46H41N3. The van der Waals surface area contributed by atoms with Gasteiger partial charge in [0.05, 0.1) is 5.69 Å². The van der Waals surface area contributed by atoms with Crippen LogP contribution < -0.4 is 16.6 Å². The van der Waals surface area contributed by atoms with Crippen LogP contribution >= 0.6 is 0 Å². The lowest BCUT2D eigenvalue weighted by Crippen LogP contribution is -2.17. The second-order valence-electron chi connectivity index (χ2n) is 12.6. The van der Waals surface area contributed by atoms with Gasteiger partial charge in [0.2, 0.25) is 0 Å². The van der Waals surface area contributed by atoms with Gasteiger partial charge in [0.25, 0.3) is 0 Å². The average Bonchev–Trinajstić information content (AvgIpc) is 3.14. The first-order valence-electron chi connectivity index (χ1n) is 16.9. The van der Waals surface area contributed by atoms with Crippen LogP contribution in [0.4, 0.5) is 5.69 Å². The van der Waals surface area contributed by atoms with Gasteiger partial charge in [-0.2, -0.15) is 0 Å². The van der Waals surface area contributed by atoms with Gasteiger partial charge in [0.15, 0.2) is 0 Å². The molecular weight excluding hydrogens is 595 g/mol. The fourth-order valence-corrected chi connectivity index (χ4v) is 6.98. The maximum atomic E-state index is 6.04. The van der Waals surface area contributed by atoms with E-state index in [-0.39, 0.29) is 0 Å². The molecule has 1 aliphatic rings. The molecule has 7 rings (SSSR count). The molecule has 240 valence electrons. The number of hydrogen-bond donors (Lipinski definition) is 3. The van der Waals surface area contributed by atoms with E-state index in [1.54, 1.807) is 0 Å². The summed E-state index contributed by atoms with van der Waals surface area (Å²) in [6, 6.07) is 45.5. The number of fused-ring (bicyclic) bond motifs is 3. The van der Waals surface area contributed by atoms with E-state index in [9.17, 15) is 0 Å². The van der Waals surface area contributed by atoms with Gasteiger partial charge < -0.3 is 16.6 Å². The van der Waals surface area contributed by atoms with E-state index in [1.165, 1.54) is 54.9 Å². The molecule has 3 nitrogen and oxygen atoms in total. The minimum atomic E-state index is 0.583. The zero-order valence-electron chi connectivity index (χ0n) is 28.1. The van der Waals surface area contributed by atoms with Crippen LogP contribution in [0.5, 0.6) is 0 Å². The largest absolute Gasteiger partial charge is 0.330 e. The van der Waals surface area contributed by atoms with Crippen molar-refractivity contribution in [3.63, 3.8) is 0 Å².